The van der Waals surface area contributed by atoms with E-state index in [0.29, 0.717) is 29.5 Å². The highest BCUT2D eigenvalue weighted by Gasteiger charge is 2.31. The lowest BCUT2D eigenvalue weighted by atomic mass is 10.0. The third kappa shape index (κ3) is 8.58. The van der Waals surface area contributed by atoms with Gasteiger partial charge in [0.05, 0.1) is 6.61 Å². The molecule has 0 unspecified atom stereocenters. The van der Waals surface area contributed by atoms with Crippen molar-refractivity contribution in [2.75, 3.05) is 6.61 Å². The lowest BCUT2D eigenvalue weighted by Crippen LogP contribution is -2.51. The van der Waals surface area contributed by atoms with E-state index >= 15 is 0 Å². The first-order chi connectivity index (χ1) is 17.3. The SMILES string of the molecule is CC(C)NC(=O)[C@@H](Cc1ccccc1)N(Cc1ccc(Cl)cc1Cl)C(=O)CCCOc1ccccc1. The molecule has 190 valence electrons. The molecule has 3 aromatic carbocycles. The van der Waals surface area contributed by atoms with Gasteiger partial charge in [-0.05, 0) is 55.7 Å². The number of hydrogen-bond donors (Lipinski definition) is 1. The first-order valence-electron chi connectivity index (χ1n) is 12.1. The van der Waals surface area contributed by atoms with Crippen LogP contribution in [0.2, 0.25) is 10.0 Å². The van der Waals surface area contributed by atoms with Gasteiger partial charge in [0.25, 0.3) is 0 Å². The summed E-state index contributed by atoms with van der Waals surface area (Å²) in [4.78, 5) is 28.6. The van der Waals surface area contributed by atoms with Crippen molar-refractivity contribution >= 4 is 35.0 Å². The van der Waals surface area contributed by atoms with E-state index in [2.05, 4.69) is 5.32 Å². The Balaban J connectivity index is 1.82. The van der Waals surface area contributed by atoms with Crippen molar-refractivity contribution in [2.45, 2.75) is 51.7 Å². The average molecular weight is 527 g/mol. The van der Waals surface area contributed by atoms with Crippen molar-refractivity contribution in [1.29, 1.82) is 0 Å². The van der Waals surface area contributed by atoms with Crippen molar-refractivity contribution < 1.29 is 14.3 Å². The van der Waals surface area contributed by atoms with Gasteiger partial charge in [0.15, 0.2) is 0 Å². The molecule has 0 bridgehead atoms. The van der Waals surface area contributed by atoms with Crippen molar-refractivity contribution in [3.63, 3.8) is 0 Å². The monoisotopic (exact) mass is 526 g/mol. The van der Waals surface area contributed by atoms with Gasteiger partial charge in [-0.25, -0.2) is 0 Å². The number of ether oxygens (including phenoxy) is 1. The Labute approximate surface area is 223 Å². The minimum Gasteiger partial charge on any atom is -0.494 e. The molecule has 1 N–H and O–H groups in total. The normalized spacial score (nSPS) is 11.7. The molecule has 7 heteroatoms. The number of hydrogen-bond acceptors (Lipinski definition) is 3. The van der Waals surface area contributed by atoms with E-state index in [1.165, 1.54) is 0 Å². The molecule has 0 saturated carbocycles. The van der Waals surface area contributed by atoms with Crippen LogP contribution in [-0.2, 0) is 22.6 Å². The Morgan fingerprint density at radius 3 is 2.25 bits per heavy atom. The van der Waals surface area contributed by atoms with Gasteiger partial charge in [0, 0.05) is 35.5 Å². The third-order valence-corrected chi connectivity index (χ3v) is 6.19. The maximum atomic E-state index is 13.6. The van der Waals surface area contributed by atoms with Crippen LogP contribution < -0.4 is 10.1 Å². The largest absolute Gasteiger partial charge is 0.494 e. The first kappa shape index (κ1) is 27.6. The molecule has 3 rings (SSSR count). The summed E-state index contributed by atoms with van der Waals surface area (Å²) in [6, 6.07) is 23.6. The Morgan fingerprint density at radius 1 is 0.944 bits per heavy atom. The summed E-state index contributed by atoms with van der Waals surface area (Å²) in [5.41, 5.74) is 1.69. The molecule has 5 nitrogen and oxygen atoms in total. The predicted octanol–water partition coefficient (Wildman–Crippen LogP) is 6.32. The zero-order valence-corrected chi connectivity index (χ0v) is 22.1. The molecule has 0 heterocycles. The molecule has 3 aromatic rings. The number of amides is 2. The first-order valence-corrected chi connectivity index (χ1v) is 12.8. The molecule has 0 radical (unpaired) electrons. The van der Waals surface area contributed by atoms with Gasteiger partial charge in [-0.1, -0.05) is 77.8 Å². The molecule has 0 aliphatic rings. The quantitative estimate of drug-likeness (QED) is 0.281. The Kier molecular flexibility index (Phi) is 10.6. The van der Waals surface area contributed by atoms with E-state index in [9.17, 15) is 9.59 Å². The molecule has 36 heavy (non-hydrogen) atoms. The van der Waals surface area contributed by atoms with E-state index in [1.807, 2.05) is 74.5 Å². The third-order valence-electron chi connectivity index (χ3n) is 5.60. The van der Waals surface area contributed by atoms with Crippen LogP contribution in [0.4, 0.5) is 0 Å². The molecule has 0 aromatic heterocycles. The fourth-order valence-electron chi connectivity index (χ4n) is 3.84. The van der Waals surface area contributed by atoms with Gasteiger partial charge >= 0.3 is 0 Å². The van der Waals surface area contributed by atoms with E-state index in [1.54, 1.807) is 23.1 Å². The average Bonchev–Trinajstić information content (AvgIpc) is 2.86. The topological polar surface area (TPSA) is 58.6 Å². The second kappa shape index (κ2) is 13.9. The van der Waals surface area contributed by atoms with Crippen molar-refractivity contribution in [3.8, 4) is 5.75 Å². The van der Waals surface area contributed by atoms with Crippen molar-refractivity contribution in [1.82, 2.24) is 10.2 Å². The molecule has 1 atom stereocenters. The van der Waals surface area contributed by atoms with E-state index in [0.717, 1.165) is 16.9 Å². The lowest BCUT2D eigenvalue weighted by Gasteiger charge is -2.32. The number of nitrogens with zero attached hydrogens (tertiary/aromatic N) is 1. The molecule has 0 fully saturated rings. The minimum atomic E-state index is -0.705. The highest BCUT2D eigenvalue weighted by Crippen LogP contribution is 2.24. The fourth-order valence-corrected chi connectivity index (χ4v) is 4.31. The lowest BCUT2D eigenvalue weighted by molar-refractivity contribution is -0.141. The summed E-state index contributed by atoms with van der Waals surface area (Å²) in [5, 5.41) is 3.95. The van der Waals surface area contributed by atoms with Gasteiger partial charge in [0.2, 0.25) is 11.8 Å². The maximum Gasteiger partial charge on any atom is 0.243 e. The van der Waals surface area contributed by atoms with Crippen molar-refractivity contribution in [2.24, 2.45) is 0 Å². The predicted molar refractivity (Wildman–Crippen MR) is 145 cm³/mol. The van der Waals surface area contributed by atoms with Gasteiger partial charge in [0.1, 0.15) is 11.8 Å². The van der Waals surface area contributed by atoms with Crippen LogP contribution in [0, 0.1) is 0 Å². The summed E-state index contributed by atoms with van der Waals surface area (Å²) in [5.74, 6) is 0.415. The molecular weight excluding hydrogens is 495 g/mol. The highest BCUT2D eigenvalue weighted by molar-refractivity contribution is 6.35. The summed E-state index contributed by atoms with van der Waals surface area (Å²) in [7, 11) is 0. The second-order valence-electron chi connectivity index (χ2n) is 8.89. The van der Waals surface area contributed by atoms with Crippen LogP contribution in [-0.4, -0.2) is 35.4 Å². The summed E-state index contributed by atoms with van der Waals surface area (Å²) < 4.78 is 5.76. The van der Waals surface area contributed by atoms with Gasteiger partial charge < -0.3 is 15.0 Å². The Morgan fingerprint density at radius 2 is 1.61 bits per heavy atom. The summed E-state index contributed by atoms with van der Waals surface area (Å²) >= 11 is 12.5. The molecule has 0 aliphatic carbocycles. The fraction of sp³-hybridized carbons (Fsp3) is 0.310. The van der Waals surface area contributed by atoms with E-state index in [-0.39, 0.29) is 30.8 Å². The maximum absolute atomic E-state index is 13.6. The summed E-state index contributed by atoms with van der Waals surface area (Å²) in [6.45, 7) is 4.39. The van der Waals surface area contributed by atoms with Crippen LogP contribution in [0.5, 0.6) is 5.75 Å². The van der Waals surface area contributed by atoms with E-state index in [4.69, 9.17) is 27.9 Å². The zero-order chi connectivity index (χ0) is 25.9. The second-order valence-corrected chi connectivity index (χ2v) is 9.73. The van der Waals surface area contributed by atoms with Crippen molar-refractivity contribution in [3.05, 3.63) is 100 Å². The van der Waals surface area contributed by atoms with Crippen LogP contribution in [0.25, 0.3) is 0 Å². The number of carbonyl (C=O) groups is 2. The van der Waals surface area contributed by atoms with Crippen LogP contribution in [0.1, 0.15) is 37.8 Å². The van der Waals surface area contributed by atoms with Crippen LogP contribution in [0.3, 0.4) is 0 Å². The molecule has 0 saturated heterocycles. The van der Waals surface area contributed by atoms with Crippen LogP contribution in [0.15, 0.2) is 78.9 Å². The smallest absolute Gasteiger partial charge is 0.243 e. The minimum absolute atomic E-state index is 0.0638. The van der Waals surface area contributed by atoms with Gasteiger partial charge in [-0.15, -0.1) is 0 Å². The number of benzene rings is 3. The molecule has 0 aliphatic heterocycles. The number of carbonyl (C=O) groups excluding carboxylic acids is 2. The standard InChI is InChI=1S/C29H32Cl2N2O3/c1-21(2)32-29(35)27(18-22-10-5-3-6-11-22)33(20-23-15-16-24(30)19-26(23)31)28(34)14-9-17-36-25-12-7-4-8-13-25/h3-8,10-13,15-16,19,21,27H,9,14,17-18,20H2,1-2H3,(H,32,35)/t27-/m1/s1. The van der Waals surface area contributed by atoms with Gasteiger partial charge in [-0.3, -0.25) is 9.59 Å². The Bertz CT molecular complexity index is 1120. The number of para-hydroxylation sites is 1. The number of halogens is 2. The molecular formula is C29H32Cl2N2O3. The Hall–Kier alpha value is -3.02. The van der Waals surface area contributed by atoms with Crippen LogP contribution >= 0.6 is 23.2 Å². The van der Waals surface area contributed by atoms with E-state index < -0.39 is 6.04 Å². The molecule has 2 amide bonds. The number of rotatable bonds is 12. The van der Waals surface area contributed by atoms with Gasteiger partial charge in [-0.2, -0.15) is 0 Å². The summed E-state index contributed by atoms with van der Waals surface area (Å²) in [6.07, 6.45) is 1.14. The number of nitrogens with one attached hydrogen (secondary N) is 1. The molecule has 0 spiro atoms. The highest BCUT2D eigenvalue weighted by atomic mass is 35.5. The zero-order valence-electron chi connectivity index (χ0n) is 20.6.